The number of thioether (sulfide) groups is 1. The van der Waals surface area contributed by atoms with Gasteiger partial charge in [0, 0.05) is 27.5 Å². The molecule has 0 bridgehead atoms. The second-order valence-corrected chi connectivity index (χ2v) is 8.24. The molecule has 0 radical (unpaired) electrons. The van der Waals surface area contributed by atoms with Gasteiger partial charge in [-0.05, 0) is 60.2 Å². The minimum atomic E-state index is -0.0492. The molecule has 2 N–H and O–H groups in total. The van der Waals surface area contributed by atoms with Crippen molar-refractivity contribution < 1.29 is 5.11 Å². The second kappa shape index (κ2) is 6.34. The van der Waals surface area contributed by atoms with Crippen LogP contribution in [0.1, 0.15) is 38.5 Å². The van der Waals surface area contributed by atoms with Crippen molar-refractivity contribution in [3.8, 4) is 0 Å². The van der Waals surface area contributed by atoms with Gasteiger partial charge in [-0.2, -0.15) is 0 Å². The number of aromatic nitrogens is 1. The van der Waals surface area contributed by atoms with Gasteiger partial charge in [0.05, 0.1) is 11.6 Å². The number of halogens is 1. The maximum atomic E-state index is 9.84. The number of hydrogen-bond donors (Lipinski definition) is 2. The van der Waals surface area contributed by atoms with Crippen molar-refractivity contribution in [2.45, 2.75) is 60.4 Å². The minimum Gasteiger partial charge on any atom is -0.394 e. The highest BCUT2D eigenvalue weighted by atomic mass is 79.9. The van der Waals surface area contributed by atoms with E-state index in [1.165, 1.54) is 25.7 Å². The van der Waals surface area contributed by atoms with E-state index in [9.17, 15) is 5.11 Å². The van der Waals surface area contributed by atoms with Crippen molar-refractivity contribution in [1.29, 1.82) is 0 Å². The molecule has 110 valence electrons. The van der Waals surface area contributed by atoms with Gasteiger partial charge in [-0.15, -0.1) is 11.8 Å². The number of aliphatic hydroxyl groups is 1. The Morgan fingerprint density at radius 3 is 2.90 bits per heavy atom. The van der Waals surface area contributed by atoms with E-state index in [1.807, 2.05) is 24.0 Å². The molecule has 1 heterocycles. The number of nitrogens with one attached hydrogen (secondary N) is 1. The van der Waals surface area contributed by atoms with E-state index in [4.69, 9.17) is 0 Å². The van der Waals surface area contributed by atoms with Gasteiger partial charge in [0.2, 0.25) is 0 Å². The number of nitrogens with zero attached hydrogens (tertiary/aromatic N) is 1. The molecule has 0 aliphatic heterocycles. The normalized spacial score (nSPS) is 30.4. The van der Waals surface area contributed by atoms with E-state index >= 15 is 0 Å². The molecule has 5 heteroatoms. The first kappa shape index (κ1) is 14.8. The lowest BCUT2D eigenvalue weighted by Gasteiger charge is -2.40. The van der Waals surface area contributed by atoms with Crippen LogP contribution in [-0.4, -0.2) is 33.5 Å². The van der Waals surface area contributed by atoms with Crippen molar-refractivity contribution >= 4 is 27.7 Å². The quantitative estimate of drug-likeness (QED) is 0.848. The summed E-state index contributed by atoms with van der Waals surface area (Å²) in [4.78, 5) is 4.45. The van der Waals surface area contributed by atoms with Gasteiger partial charge in [-0.25, -0.2) is 4.98 Å². The summed E-state index contributed by atoms with van der Waals surface area (Å²) in [6.45, 7) is 0.258. The zero-order chi connectivity index (χ0) is 14.0. The minimum absolute atomic E-state index is 0.0492. The van der Waals surface area contributed by atoms with Crippen LogP contribution in [-0.2, 0) is 0 Å². The molecule has 0 saturated heterocycles. The smallest absolute Gasteiger partial charge is 0.0963 e. The molecule has 0 amide bonds. The molecule has 20 heavy (non-hydrogen) atoms. The Kier molecular flexibility index (Phi) is 4.70. The maximum absolute atomic E-state index is 9.84. The van der Waals surface area contributed by atoms with E-state index < -0.39 is 0 Å². The van der Waals surface area contributed by atoms with Crippen LogP contribution in [0.2, 0.25) is 0 Å². The van der Waals surface area contributed by atoms with Gasteiger partial charge >= 0.3 is 0 Å². The average molecular weight is 357 g/mol. The Balaban J connectivity index is 1.63. The topological polar surface area (TPSA) is 45.1 Å². The largest absolute Gasteiger partial charge is 0.394 e. The Morgan fingerprint density at radius 1 is 1.40 bits per heavy atom. The summed E-state index contributed by atoms with van der Waals surface area (Å²) < 4.78 is 1.02. The van der Waals surface area contributed by atoms with Crippen LogP contribution in [0.4, 0.5) is 0 Å². The molecule has 1 aromatic heterocycles. The monoisotopic (exact) mass is 356 g/mol. The summed E-state index contributed by atoms with van der Waals surface area (Å²) >= 11 is 5.27. The van der Waals surface area contributed by atoms with Gasteiger partial charge in [0.25, 0.3) is 0 Å². The number of pyridine rings is 1. The van der Waals surface area contributed by atoms with E-state index in [1.54, 1.807) is 0 Å². The molecule has 2 aliphatic carbocycles. The van der Waals surface area contributed by atoms with Crippen LogP contribution in [0.3, 0.4) is 0 Å². The van der Waals surface area contributed by atoms with Crippen molar-refractivity contribution in [3.63, 3.8) is 0 Å². The first-order chi connectivity index (χ1) is 9.69. The van der Waals surface area contributed by atoms with Gasteiger partial charge in [-0.3, -0.25) is 0 Å². The summed E-state index contributed by atoms with van der Waals surface area (Å²) in [5, 5.41) is 15.2. The zero-order valence-electron chi connectivity index (χ0n) is 11.5. The highest BCUT2D eigenvalue weighted by molar-refractivity contribution is 9.10. The molecular formula is C15H21BrN2OS. The lowest BCUT2D eigenvalue weighted by atomic mass is 9.82. The van der Waals surface area contributed by atoms with Gasteiger partial charge in [0.1, 0.15) is 0 Å². The summed E-state index contributed by atoms with van der Waals surface area (Å²) in [6, 6.07) is 4.76. The van der Waals surface area contributed by atoms with Crippen molar-refractivity contribution in [3.05, 3.63) is 22.8 Å². The van der Waals surface area contributed by atoms with Crippen LogP contribution in [0.25, 0.3) is 0 Å². The van der Waals surface area contributed by atoms with Gasteiger partial charge in [0.15, 0.2) is 0 Å². The summed E-state index contributed by atoms with van der Waals surface area (Å²) in [5.41, 5.74) is -0.0492. The molecule has 2 aliphatic rings. The summed E-state index contributed by atoms with van der Waals surface area (Å²) in [5.74, 6) is 0. The maximum Gasteiger partial charge on any atom is 0.0963 e. The third-order valence-corrected chi connectivity index (χ3v) is 5.87. The molecule has 1 aromatic rings. The van der Waals surface area contributed by atoms with Crippen LogP contribution in [0, 0.1) is 0 Å². The molecule has 3 nitrogen and oxygen atoms in total. The average Bonchev–Trinajstić information content (AvgIpc) is 3.26. The van der Waals surface area contributed by atoms with E-state index in [2.05, 4.69) is 32.3 Å². The first-order valence-electron chi connectivity index (χ1n) is 7.36. The number of aliphatic hydroxyl groups excluding tert-OH is 1. The van der Waals surface area contributed by atoms with Gasteiger partial charge in [-0.1, -0.05) is 6.42 Å². The van der Waals surface area contributed by atoms with Crippen LogP contribution < -0.4 is 5.32 Å². The Morgan fingerprint density at radius 2 is 2.25 bits per heavy atom. The second-order valence-electron chi connectivity index (χ2n) is 6.01. The molecular weight excluding hydrogens is 336 g/mol. The molecule has 0 aromatic carbocycles. The van der Waals surface area contributed by atoms with Crippen molar-refractivity contribution in [2.24, 2.45) is 0 Å². The Bertz CT molecular complexity index is 452. The first-order valence-corrected chi connectivity index (χ1v) is 9.03. The lowest BCUT2D eigenvalue weighted by Crippen LogP contribution is -2.53. The molecule has 0 spiro atoms. The predicted octanol–water partition coefficient (Wildman–Crippen LogP) is 3.36. The lowest BCUT2D eigenvalue weighted by molar-refractivity contribution is 0.122. The summed E-state index contributed by atoms with van der Waals surface area (Å²) in [7, 11) is 0. The fourth-order valence-electron chi connectivity index (χ4n) is 2.99. The summed E-state index contributed by atoms with van der Waals surface area (Å²) in [6.07, 6.45) is 8.95. The molecule has 2 atom stereocenters. The highest BCUT2D eigenvalue weighted by Gasteiger charge is 2.40. The van der Waals surface area contributed by atoms with Crippen molar-refractivity contribution in [2.75, 3.05) is 6.61 Å². The van der Waals surface area contributed by atoms with E-state index in [0.717, 1.165) is 22.3 Å². The van der Waals surface area contributed by atoms with Crippen LogP contribution in [0.5, 0.6) is 0 Å². The number of rotatable bonds is 5. The Hall–Kier alpha value is -0.100. The molecule has 3 rings (SSSR count). The third kappa shape index (κ3) is 3.75. The van der Waals surface area contributed by atoms with Crippen molar-refractivity contribution in [1.82, 2.24) is 10.3 Å². The molecule has 2 fully saturated rings. The van der Waals surface area contributed by atoms with E-state index in [-0.39, 0.29) is 12.1 Å². The van der Waals surface area contributed by atoms with Gasteiger partial charge < -0.3 is 10.4 Å². The van der Waals surface area contributed by atoms with Crippen LogP contribution in [0.15, 0.2) is 27.8 Å². The SMILES string of the molecule is OCC1(NC2CC2)CCCC(Sc2ccc(Br)cn2)C1. The Labute approximate surface area is 133 Å². The van der Waals surface area contributed by atoms with Crippen LogP contribution >= 0.6 is 27.7 Å². The molecule has 2 unspecified atom stereocenters. The standard InChI is InChI=1S/C15H21BrN2OS/c16-11-3-6-14(17-9-11)20-13-2-1-7-15(8-13,10-19)18-12-4-5-12/h3,6,9,12-13,18-19H,1-2,4-5,7-8,10H2. The van der Waals surface area contributed by atoms with E-state index in [0.29, 0.717) is 11.3 Å². The predicted molar refractivity (Wildman–Crippen MR) is 86.0 cm³/mol. The fourth-order valence-corrected chi connectivity index (χ4v) is 4.52. The third-order valence-electron chi connectivity index (χ3n) is 4.18. The zero-order valence-corrected chi connectivity index (χ0v) is 13.9. The highest BCUT2D eigenvalue weighted by Crippen LogP contribution is 2.39. The fraction of sp³-hybridized carbons (Fsp3) is 0.667. The molecule has 2 saturated carbocycles. The number of hydrogen-bond acceptors (Lipinski definition) is 4.